The smallest absolute Gasteiger partial charge is 0.243 e. The fourth-order valence-electron chi connectivity index (χ4n) is 3.89. The molecule has 1 aliphatic carbocycles. The minimum Gasteiger partial charge on any atom is -0.276 e. The number of imide groups is 1. The molecule has 6 nitrogen and oxygen atoms in total. The number of carbonyl (C=O) groups is 2. The molecule has 2 fully saturated rings. The molecule has 0 aromatic heterocycles. The molecule has 0 bridgehead atoms. The maximum Gasteiger partial charge on any atom is 0.243 e. The van der Waals surface area contributed by atoms with Gasteiger partial charge in [-0.2, -0.15) is 4.31 Å². The van der Waals surface area contributed by atoms with Crippen molar-refractivity contribution in [2.45, 2.75) is 30.7 Å². The topological polar surface area (TPSA) is 74.8 Å². The quantitative estimate of drug-likeness (QED) is 0.590. The molecular formula is C18H19FN2O4S. The molecule has 2 aliphatic heterocycles. The molecule has 0 radical (unpaired) electrons. The number of halogens is 1. The fraction of sp³-hybridized carbons (Fsp3) is 0.444. The fourth-order valence-corrected chi connectivity index (χ4v) is 5.49. The lowest BCUT2D eigenvalue weighted by atomic mass is 9.85. The van der Waals surface area contributed by atoms with Gasteiger partial charge in [0.05, 0.1) is 22.8 Å². The van der Waals surface area contributed by atoms with Crippen molar-refractivity contribution in [2.75, 3.05) is 13.1 Å². The molecule has 0 unspecified atom stereocenters. The van der Waals surface area contributed by atoms with Crippen molar-refractivity contribution < 1.29 is 22.4 Å². The molecule has 138 valence electrons. The van der Waals surface area contributed by atoms with Crippen LogP contribution in [-0.2, 0) is 19.6 Å². The Hall–Kier alpha value is -2.06. The van der Waals surface area contributed by atoms with Gasteiger partial charge in [-0.3, -0.25) is 14.5 Å². The van der Waals surface area contributed by atoms with Crippen LogP contribution in [0.15, 0.2) is 35.2 Å². The molecule has 26 heavy (non-hydrogen) atoms. The average Bonchev–Trinajstić information content (AvgIpc) is 2.81. The molecule has 8 heteroatoms. The Kier molecular flexibility index (Phi) is 4.00. The molecule has 4 rings (SSSR count). The van der Waals surface area contributed by atoms with Crippen LogP contribution < -0.4 is 0 Å². The second-order valence-electron chi connectivity index (χ2n) is 7.09. The second-order valence-corrected chi connectivity index (χ2v) is 9.03. The van der Waals surface area contributed by atoms with E-state index in [1.165, 1.54) is 28.3 Å². The van der Waals surface area contributed by atoms with Gasteiger partial charge in [0.1, 0.15) is 5.82 Å². The van der Waals surface area contributed by atoms with Gasteiger partial charge in [-0.05, 0) is 43.5 Å². The molecule has 2 amide bonds. The summed E-state index contributed by atoms with van der Waals surface area (Å²) >= 11 is 0. The highest BCUT2D eigenvalue weighted by atomic mass is 32.2. The lowest BCUT2D eigenvalue weighted by molar-refractivity contribution is -0.145. The van der Waals surface area contributed by atoms with Crippen LogP contribution in [0.5, 0.6) is 0 Å². The Morgan fingerprint density at radius 1 is 1.04 bits per heavy atom. The number of rotatable bonds is 3. The molecular weight excluding hydrogens is 359 g/mol. The van der Waals surface area contributed by atoms with Crippen LogP contribution in [0, 0.1) is 24.6 Å². The first-order valence-corrected chi connectivity index (χ1v) is 10.0. The average molecular weight is 378 g/mol. The number of allylic oxidation sites excluding steroid dienone is 2. The van der Waals surface area contributed by atoms with E-state index in [-0.39, 0.29) is 47.2 Å². The Balaban J connectivity index is 1.49. The van der Waals surface area contributed by atoms with Crippen molar-refractivity contribution in [3.05, 3.63) is 41.7 Å². The summed E-state index contributed by atoms with van der Waals surface area (Å²) < 4.78 is 39.9. The largest absolute Gasteiger partial charge is 0.276 e. The first-order chi connectivity index (χ1) is 12.3. The van der Waals surface area contributed by atoms with Gasteiger partial charge in [-0.15, -0.1) is 0 Å². The molecule has 1 aromatic carbocycles. The van der Waals surface area contributed by atoms with Gasteiger partial charge in [0.15, 0.2) is 0 Å². The van der Waals surface area contributed by atoms with E-state index in [0.717, 1.165) is 6.07 Å². The van der Waals surface area contributed by atoms with Gasteiger partial charge in [-0.25, -0.2) is 12.8 Å². The van der Waals surface area contributed by atoms with Crippen LogP contribution in [0.25, 0.3) is 0 Å². The van der Waals surface area contributed by atoms with Gasteiger partial charge in [0.2, 0.25) is 21.8 Å². The first kappa shape index (κ1) is 17.4. The van der Waals surface area contributed by atoms with E-state index in [0.29, 0.717) is 12.8 Å². The van der Waals surface area contributed by atoms with Crippen molar-refractivity contribution in [3.63, 3.8) is 0 Å². The maximum absolute atomic E-state index is 13.4. The van der Waals surface area contributed by atoms with Crippen LogP contribution in [0.3, 0.4) is 0 Å². The summed E-state index contributed by atoms with van der Waals surface area (Å²) in [5, 5.41) is 0. The van der Waals surface area contributed by atoms with Gasteiger partial charge >= 0.3 is 0 Å². The number of sulfonamides is 1. The molecule has 3 aliphatic rings. The highest BCUT2D eigenvalue weighted by Gasteiger charge is 2.53. The SMILES string of the molecule is Cc1cc(S(=O)(=O)N2CC(N3C(=O)[C@H]4CC=CC[C@@H]4C3=O)C2)ccc1F. The predicted octanol–water partition coefficient (Wildman–Crippen LogP) is 1.46. The summed E-state index contributed by atoms with van der Waals surface area (Å²) in [5.41, 5.74) is 0.254. The standard InChI is InChI=1S/C18H19FN2O4S/c1-11-8-13(6-7-16(11)19)26(24,25)20-9-12(10-20)21-17(22)14-4-2-3-5-15(14)18(21)23/h2-3,6-8,12,14-15H,4-5,9-10H2,1H3/t14-,15-/m0/s1. The van der Waals surface area contributed by atoms with Crippen LogP contribution >= 0.6 is 0 Å². The molecule has 2 heterocycles. The maximum atomic E-state index is 13.4. The number of likely N-dealkylation sites (tertiary alicyclic amines) is 1. The summed E-state index contributed by atoms with van der Waals surface area (Å²) in [7, 11) is -3.76. The van der Waals surface area contributed by atoms with Crippen molar-refractivity contribution in [1.82, 2.24) is 9.21 Å². The summed E-state index contributed by atoms with van der Waals surface area (Å²) in [6, 6.07) is 3.24. The molecule has 0 N–H and O–H groups in total. The first-order valence-electron chi connectivity index (χ1n) is 8.59. The number of amides is 2. The van der Waals surface area contributed by atoms with Crippen LogP contribution in [0.1, 0.15) is 18.4 Å². The van der Waals surface area contributed by atoms with Crippen LogP contribution in [0.2, 0.25) is 0 Å². The third-order valence-electron chi connectivity index (χ3n) is 5.50. The number of hydrogen-bond acceptors (Lipinski definition) is 4. The Labute approximate surface area is 151 Å². The van der Waals surface area contributed by atoms with E-state index in [2.05, 4.69) is 0 Å². The molecule has 0 spiro atoms. The van der Waals surface area contributed by atoms with Crippen LogP contribution in [-0.4, -0.2) is 48.6 Å². The van der Waals surface area contributed by atoms with Gasteiger partial charge in [0.25, 0.3) is 0 Å². The molecule has 0 saturated carbocycles. The van der Waals surface area contributed by atoms with E-state index in [1.54, 1.807) is 0 Å². The van der Waals surface area contributed by atoms with E-state index < -0.39 is 21.9 Å². The monoisotopic (exact) mass is 378 g/mol. The third-order valence-corrected chi connectivity index (χ3v) is 7.33. The van der Waals surface area contributed by atoms with Crippen molar-refractivity contribution in [3.8, 4) is 0 Å². The number of aryl methyl sites for hydroxylation is 1. The number of nitrogens with zero attached hydrogens (tertiary/aromatic N) is 2. The molecule has 1 aromatic rings. The minimum absolute atomic E-state index is 0.0202. The number of benzene rings is 1. The van der Waals surface area contributed by atoms with Crippen molar-refractivity contribution >= 4 is 21.8 Å². The zero-order chi connectivity index (χ0) is 18.6. The minimum atomic E-state index is -3.76. The number of fused-ring (bicyclic) bond motifs is 1. The van der Waals surface area contributed by atoms with Crippen LogP contribution in [0.4, 0.5) is 4.39 Å². The number of hydrogen-bond donors (Lipinski definition) is 0. The molecule has 2 atom stereocenters. The summed E-state index contributed by atoms with van der Waals surface area (Å²) in [6.45, 7) is 1.68. The highest BCUT2D eigenvalue weighted by molar-refractivity contribution is 7.89. The van der Waals surface area contributed by atoms with E-state index in [9.17, 15) is 22.4 Å². The van der Waals surface area contributed by atoms with E-state index in [4.69, 9.17) is 0 Å². The molecule has 2 saturated heterocycles. The normalized spacial score (nSPS) is 26.9. The third kappa shape index (κ3) is 2.51. The lowest BCUT2D eigenvalue weighted by Crippen LogP contribution is -2.62. The van der Waals surface area contributed by atoms with Crippen molar-refractivity contribution in [2.24, 2.45) is 11.8 Å². The Bertz CT molecular complexity index is 895. The summed E-state index contributed by atoms with van der Waals surface area (Å²) in [6.07, 6.45) is 4.97. The second kappa shape index (κ2) is 5.99. The summed E-state index contributed by atoms with van der Waals surface area (Å²) in [4.78, 5) is 26.4. The Morgan fingerprint density at radius 2 is 1.62 bits per heavy atom. The van der Waals surface area contributed by atoms with Gasteiger partial charge in [0, 0.05) is 13.1 Å². The number of carbonyl (C=O) groups excluding carboxylic acids is 2. The zero-order valence-corrected chi connectivity index (χ0v) is 15.1. The van der Waals surface area contributed by atoms with Crippen molar-refractivity contribution in [1.29, 1.82) is 0 Å². The predicted molar refractivity (Wildman–Crippen MR) is 90.9 cm³/mol. The highest BCUT2D eigenvalue weighted by Crippen LogP contribution is 2.38. The summed E-state index contributed by atoms with van der Waals surface area (Å²) in [5.74, 6) is -1.46. The Morgan fingerprint density at radius 3 is 2.15 bits per heavy atom. The van der Waals surface area contributed by atoms with Gasteiger partial charge < -0.3 is 0 Å². The van der Waals surface area contributed by atoms with Gasteiger partial charge in [-0.1, -0.05) is 12.2 Å². The zero-order valence-electron chi connectivity index (χ0n) is 14.3. The lowest BCUT2D eigenvalue weighted by Gasteiger charge is -2.42. The van der Waals surface area contributed by atoms with E-state index >= 15 is 0 Å². The van der Waals surface area contributed by atoms with E-state index in [1.807, 2.05) is 12.2 Å².